The maximum absolute atomic E-state index is 12.2. The van der Waals surface area contributed by atoms with Crippen LogP contribution in [0.3, 0.4) is 0 Å². The van der Waals surface area contributed by atoms with Crippen molar-refractivity contribution in [3.63, 3.8) is 0 Å². The van der Waals surface area contributed by atoms with Crippen LogP contribution in [0.5, 0.6) is 0 Å². The Morgan fingerprint density at radius 3 is 2.29 bits per heavy atom. The van der Waals surface area contributed by atoms with Crippen molar-refractivity contribution in [2.24, 2.45) is 5.41 Å². The Morgan fingerprint density at radius 2 is 1.75 bits per heavy atom. The molecule has 5 heteroatoms. The van der Waals surface area contributed by atoms with Gasteiger partial charge >= 0.3 is 6.09 Å². The Bertz CT molecular complexity index is 407. The summed E-state index contributed by atoms with van der Waals surface area (Å²) in [5.74, 6) is 2.34. The maximum atomic E-state index is 12.2. The summed E-state index contributed by atoms with van der Waals surface area (Å²) in [6, 6.07) is 0. The van der Waals surface area contributed by atoms with Crippen molar-refractivity contribution in [3.8, 4) is 0 Å². The number of amides is 1. The number of thioether (sulfide) groups is 1. The van der Waals surface area contributed by atoms with Crippen LogP contribution in [0.25, 0.3) is 0 Å². The first kappa shape index (κ1) is 19.9. The largest absolute Gasteiger partial charge is 0.444 e. The van der Waals surface area contributed by atoms with Gasteiger partial charge in [-0.25, -0.2) is 4.79 Å². The van der Waals surface area contributed by atoms with Crippen molar-refractivity contribution in [1.29, 1.82) is 0 Å². The van der Waals surface area contributed by atoms with Crippen LogP contribution in [0, 0.1) is 5.41 Å². The monoisotopic (exact) mass is 357 g/mol. The van der Waals surface area contributed by atoms with Crippen LogP contribution in [0.1, 0.15) is 78.6 Å². The fourth-order valence-electron chi connectivity index (χ4n) is 4.10. The van der Waals surface area contributed by atoms with Crippen LogP contribution >= 0.6 is 11.8 Å². The van der Waals surface area contributed by atoms with E-state index in [9.17, 15) is 9.90 Å². The molecule has 4 nitrogen and oxygen atoms in total. The molecule has 0 aromatic heterocycles. The molecule has 0 spiro atoms. The predicted molar refractivity (Wildman–Crippen MR) is 100 cm³/mol. The Morgan fingerprint density at radius 1 is 1.12 bits per heavy atom. The van der Waals surface area contributed by atoms with Gasteiger partial charge in [0.2, 0.25) is 0 Å². The van der Waals surface area contributed by atoms with Gasteiger partial charge in [0.1, 0.15) is 5.60 Å². The molecule has 24 heavy (non-hydrogen) atoms. The summed E-state index contributed by atoms with van der Waals surface area (Å²) in [6.45, 7) is 6.01. The smallest absolute Gasteiger partial charge is 0.408 e. The average molecular weight is 358 g/mol. The molecular formula is C19H35NO3S. The summed E-state index contributed by atoms with van der Waals surface area (Å²) >= 11 is 2.00. The molecule has 0 atom stereocenters. The van der Waals surface area contributed by atoms with E-state index >= 15 is 0 Å². The van der Waals surface area contributed by atoms with E-state index in [4.69, 9.17) is 4.74 Å². The fraction of sp³-hybridized carbons (Fsp3) is 0.947. The number of hydrogen-bond acceptors (Lipinski definition) is 4. The molecule has 0 radical (unpaired) electrons. The maximum Gasteiger partial charge on any atom is 0.408 e. The van der Waals surface area contributed by atoms with Crippen LogP contribution < -0.4 is 5.32 Å². The van der Waals surface area contributed by atoms with Crippen molar-refractivity contribution in [3.05, 3.63) is 0 Å². The third-order valence-corrected chi connectivity index (χ3v) is 6.56. The topological polar surface area (TPSA) is 58.6 Å². The van der Waals surface area contributed by atoms with E-state index in [-0.39, 0.29) is 17.0 Å². The van der Waals surface area contributed by atoms with E-state index in [1.54, 1.807) is 0 Å². The highest BCUT2D eigenvalue weighted by atomic mass is 32.2. The molecule has 1 saturated carbocycles. The number of carbonyl (C=O) groups excluding carboxylic acids is 1. The van der Waals surface area contributed by atoms with Crippen molar-refractivity contribution in [2.75, 3.05) is 18.1 Å². The quantitative estimate of drug-likeness (QED) is 0.735. The minimum atomic E-state index is -0.454. The standard InChI is InChI=1S/C19H35NO3S/c1-17(2,3)23-16(22)20-19(8-4-5-9-19)10-6-7-18(15-21)11-13-24-14-12-18/h21H,4-15H2,1-3H3,(H,20,22). The van der Waals surface area contributed by atoms with Gasteiger partial charge in [-0.2, -0.15) is 11.8 Å². The zero-order valence-electron chi connectivity index (χ0n) is 15.7. The lowest BCUT2D eigenvalue weighted by Crippen LogP contribution is -2.48. The Labute approximate surface area is 151 Å². The van der Waals surface area contributed by atoms with Gasteiger partial charge in [-0.15, -0.1) is 0 Å². The number of ether oxygens (including phenoxy) is 1. The van der Waals surface area contributed by atoms with E-state index in [0.29, 0.717) is 6.61 Å². The summed E-state index contributed by atoms with van der Waals surface area (Å²) < 4.78 is 5.47. The Hall–Kier alpha value is -0.420. The molecule has 0 aromatic rings. The number of aliphatic hydroxyl groups excluding tert-OH is 1. The molecule has 0 unspecified atom stereocenters. The van der Waals surface area contributed by atoms with Crippen LogP contribution in [-0.4, -0.2) is 40.5 Å². The molecule has 140 valence electrons. The minimum absolute atomic E-state index is 0.0948. The van der Waals surface area contributed by atoms with E-state index < -0.39 is 5.60 Å². The van der Waals surface area contributed by atoms with Crippen LogP contribution in [0.4, 0.5) is 4.79 Å². The zero-order valence-corrected chi connectivity index (χ0v) is 16.5. The van der Waals surface area contributed by atoms with Gasteiger partial charge in [0.15, 0.2) is 0 Å². The van der Waals surface area contributed by atoms with E-state index in [1.165, 1.54) is 24.3 Å². The lowest BCUT2D eigenvalue weighted by Gasteiger charge is -2.37. The highest BCUT2D eigenvalue weighted by Gasteiger charge is 2.38. The number of aliphatic hydroxyl groups is 1. The fourth-order valence-corrected chi connectivity index (χ4v) is 5.46. The molecular weight excluding hydrogens is 322 g/mol. The highest BCUT2D eigenvalue weighted by molar-refractivity contribution is 7.99. The molecule has 1 heterocycles. The van der Waals surface area contributed by atoms with Crippen LogP contribution in [0.15, 0.2) is 0 Å². The summed E-state index contributed by atoms with van der Waals surface area (Å²) in [5, 5.41) is 13.1. The van der Waals surface area contributed by atoms with Crippen LogP contribution in [-0.2, 0) is 4.74 Å². The van der Waals surface area contributed by atoms with Crippen LogP contribution in [0.2, 0.25) is 0 Å². The normalized spacial score (nSPS) is 23.0. The lowest BCUT2D eigenvalue weighted by molar-refractivity contribution is 0.0440. The van der Waals surface area contributed by atoms with Gasteiger partial charge in [-0.3, -0.25) is 0 Å². The number of carbonyl (C=O) groups is 1. The summed E-state index contributed by atoms with van der Waals surface area (Å²) in [6.07, 6.45) is 9.57. The van der Waals surface area contributed by atoms with Gasteiger partial charge in [-0.05, 0) is 76.2 Å². The first-order valence-corrected chi connectivity index (χ1v) is 10.6. The molecule has 2 rings (SSSR count). The van der Waals surface area contributed by atoms with Gasteiger partial charge in [0.25, 0.3) is 0 Å². The Kier molecular flexibility index (Phi) is 6.89. The highest BCUT2D eigenvalue weighted by Crippen LogP contribution is 2.41. The molecule has 1 aliphatic carbocycles. The summed E-state index contributed by atoms with van der Waals surface area (Å²) in [5.41, 5.74) is -0.427. The van der Waals surface area contributed by atoms with Gasteiger partial charge in [-0.1, -0.05) is 19.3 Å². The van der Waals surface area contributed by atoms with Gasteiger partial charge < -0.3 is 15.2 Å². The van der Waals surface area contributed by atoms with E-state index in [1.807, 2.05) is 32.5 Å². The second kappa shape index (κ2) is 8.31. The molecule has 1 amide bonds. The summed E-state index contributed by atoms with van der Waals surface area (Å²) in [7, 11) is 0. The first-order valence-electron chi connectivity index (χ1n) is 9.48. The zero-order chi connectivity index (χ0) is 17.7. The molecule has 1 aliphatic heterocycles. The van der Waals surface area contributed by atoms with Crippen molar-refractivity contribution >= 4 is 17.9 Å². The number of alkyl carbamates (subject to hydrolysis) is 1. The van der Waals surface area contributed by atoms with Gasteiger partial charge in [0.05, 0.1) is 0 Å². The number of hydrogen-bond donors (Lipinski definition) is 2. The van der Waals surface area contributed by atoms with E-state index in [0.717, 1.165) is 44.9 Å². The molecule has 0 aromatic carbocycles. The molecule has 2 fully saturated rings. The second-order valence-electron chi connectivity index (χ2n) is 8.74. The summed E-state index contributed by atoms with van der Waals surface area (Å²) in [4.78, 5) is 12.2. The minimum Gasteiger partial charge on any atom is -0.444 e. The lowest BCUT2D eigenvalue weighted by atomic mass is 9.76. The van der Waals surface area contributed by atoms with Gasteiger partial charge in [0, 0.05) is 12.1 Å². The Balaban J connectivity index is 1.87. The SMILES string of the molecule is CC(C)(C)OC(=O)NC1(CCCC2(CO)CCSCC2)CCCC1. The third-order valence-electron chi connectivity index (χ3n) is 5.58. The van der Waals surface area contributed by atoms with Crippen molar-refractivity contribution in [2.45, 2.75) is 89.7 Å². The first-order chi connectivity index (χ1) is 11.3. The predicted octanol–water partition coefficient (Wildman–Crippen LogP) is 4.50. The molecule has 2 aliphatic rings. The number of rotatable bonds is 6. The third kappa shape index (κ3) is 5.83. The number of nitrogens with one attached hydrogen (secondary N) is 1. The second-order valence-corrected chi connectivity index (χ2v) is 9.96. The van der Waals surface area contributed by atoms with E-state index in [2.05, 4.69) is 5.32 Å². The van der Waals surface area contributed by atoms with Crippen molar-refractivity contribution < 1.29 is 14.6 Å². The molecule has 1 saturated heterocycles. The molecule has 0 bridgehead atoms. The van der Waals surface area contributed by atoms with Crippen molar-refractivity contribution in [1.82, 2.24) is 5.32 Å². The average Bonchev–Trinajstić information content (AvgIpc) is 2.94. The molecule has 2 N–H and O–H groups in total.